The molecule has 1 aliphatic carbocycles. The maximum atomic E-state index is 13.8. The lowest BCUT2D eigenvalue weighted by Gasteiger charge is -2.54. The van der Waals surface area contributed by atoms with Crippen molar-refractivity contribution in [3.05, 3.63) is 30.1 Å². The fourth-order valence-electron chi connectivity index (χ4n) is 3.48. The van der Waals surface area contributed by atoms with Gasteiger partial charge in [-0.1, -0.05) is 12.1 Å². The zero-order chi connectivity index (χ0) is 12.8. The van der Waals surface area contributed by atoms with Gasteiger partial charge in [0, 0.05) is 25.0 Å². The average molecular weight is 250 g/mol. The third-order valence-electron chi connectivity index (χ3n) is 4.57. The first kappa shape index (κ1) is 11.9. The van der Waals surface area contributed by atoms with E-state index in [1.807, 2.05) is 12.1 Å². The molecule has 0 radical (unpaired) electrons. The molecular weight excluding hydrogens is 231 g/mol. The van der Waals surface area contributed by atoms with Gasteiger partial charge in [0.1, 0.15) is 5.82 Å². The van der Waals surface area contributed by atoms with Crippen LogP contribution in [0.15, 0.2) is 24.3 Å². The van der Waals surface area contributed by atoms with Gasteiger partial charge >= 0.3 is 0 Å². The second kappa shape index (κ2) is 4.21. The molecule has 0 spiro atoms. The summed E-state index contributed by atoms with van der Waals surface area (Å²) in [5.74, 6) is -0.0200. The number of fused-ring (bicyclic) bond motifs is 3. The molecule has 2 saturated heterocycles. The van der Waals surface area contributed by atoms with Gasteiger partial charge in [0.2, 0.25) is 0 Å². The van der Waals surface area contributed by atoms with E-state index in [-0.39, 0.29) is 17.8 Å². The van der Waals surface area contributed by atoms with Gasteiger partial charge in [0.05, 0.1) is 11.3 Å². The lowest BCUT2D eigenvalue weighted by Crippen LogP contribution is -2.63. The number of nitrogens with zero attached hydrogens (tertiary/aromatic N) is 1. The predicted octanol–water partition coefficient (Wildman–Crippen LogP) is 1.50. The smallest absolute Gasteiger partial charge is 0.146 e. The highest BCUT2D eigenvalue weighted by atomic mass is 19.1. The SMILES string of the molecule is NCC1(O)CC2CCC1CN2c1ccccc1F. The van der Waals surface area contributed by atoms with Crippen molar-refractivity contribution in [2.24, 2.45) is 11.7 Å². The normalized spacial score (nSPS) is 34.9. The predicted molar refractivity (Wildman–Crippen MR) is 68.9 cm³/mol. The molecule has 18 heavy (non-hydrogen) atoms. The molecule has 3 aliphatic rings. The van der Waals surface area contributed by atoms with Crippen molar-refractivity contribution in [1.82, 2.24) is 0 Å². The van der Waals surface area contributed by atoms with Crippen LogP contribution in [0.5, 0.6) is 0 Å². The fourth-order valence-corrected chi connectivity index (χ4v) is 3.48. The van der Waals surface area contributed by atoms with E-state index < -0.39 is 5.60 Å². The zero-order valence-electron chi connectivity index (χ0n) is 10.3. The molecular formula is C14H19FN2O. The van der Waals surface area contributed by atoms with Gasteiger partial charge in [-0.15, -0.1) is 0 Å². The quantitative estimate of drug-likeness (QED) is 0.836. The Morgan fingerprint density at radius 2 is 2.17 bits per heavy atom. The Balaban J connectivity index is 1.89. The second-order valence-corrected chi connectivity index (χ2v) is 5.54. The lowest BCUT2D eigenvalue weighted by molar-refractivity contribution is -0.0634. The minimum Gasteiger partial charge on any atom is -0.388 e. The number of piperidine rings is 2. The summed E-state index contributed by atoms with van der Waals surface area (Å²) >= 11 is 0. The Labute approximate surface area is 106 Å². The first-order valence-corrected chi connectivity index (χ1v) is 6.57. The van der Waals surface area contributed by atoms with Gasteiger partial charge in [-0.25, -0.2) is 4.39 Å². The van der Waals surface area contributed by atoms with Crippen LogP contribution in [0.25, 0.3) is 0 Å². The summed E-state index contributed by atoms with van der Waals surface area (Å²) in [6.07, 6.45) is 2.66. The summed E-state index contributed by atoms with van der Waals surface area (Å²) in [5, 5.41) is 10.5. The first-order chi connectivity index (χ1) is 8.64. The monoisotopic (exact) mass is 250 g/mol. The summed E-state index contributed by atoms with van der Waals surface area (Å²) in [5.41, 5.74) is 5.61. The molecule has 4 heteroatoms. The lowest BCUT2D eigenvalue weighted by atomic mass is 9.68. The third-order valence-corrected chi connectivity index (χ3v) is 4.57. The van der Waals surface area contributed by atoms with Crippen molar-refractivity contribution >= 4 is 5.69 Å². The van der Waals surface area contributed by atoms with Crippen LogP contribution in [0.3, 0.4) is 0 Å². The zero-order valence-corrected chi connectivity index (χ0v) is 10.3. The van der Waals surface area contributed by atoms with Crippen LogP contribution >= 0.6 is 0 Å². The maximum absolute atomic E-state index is 13.8. The number of benzene rings is 1. The molecule has 2 aliphatic heterocycles. The summed E-state index contributed by atoms with van der Waals surface area (Å²) in [6, 6.07) is 7.08. The highest BCUT2D eigenvalue weighted by Gasteiger charge is 2.49. The summed E-state index contributed by atoms with van der Waals surface area (Å²) in [6.45, 7) is 1.01. The minimum absolute atomic E-state index is 0.159. The average Bonchev–Trinajstić information content (AvgIpc) is 2.40. The highest BCUT2D eigenvalue weighted by molar-refractivity contribution is 5.50. The molecule has 0 amide bonds. The van der Waals surface area contributed by atoms with E-state index in [0.717, 1.165) is 12.8 Å². The number of para-hydroxylation sites is 1. The van der Waals surface area contributed by atoms with Gasteiger partial charge in [0.25, 0.3) is 0 Å². The number of nitrogens with two attached hydrogens (primary N) is 1. The van der Waals surface area contributed by atoms with Crippen LogP contribution < -0.4 is 10.6 Å². The van der Waals surface area contributed by atoms with Crippen LogP contribution in [-0.4, -0.2) is 29.8 Å². The van der Waals surface area contributed by atoms with E-state index in [1.165, 1.54) is 6.07 Å². The van der Waals surface area contributed by atoms with Crippen molar-refractivity contribution in [2.75, 3.05) is 18.0 Å². The van der Waals surface area contributed by atoms with Gasteiger partial charge < -0.3 is 15.7 Å². The Kier molecular flexibility index (Phi) is 2.79. The van der Waals surface area contributed by atoms with E-state index in [0.29, 0.717) is 25.2 Å². The minimum atomic E-state index is -0.745. The first-order valence-electron chi connectivity index (χ1n) is 6.57. The molecule has 3 unspecified atom stereocenters. The molecule has 1 aromatic rings. The molecule has 3 N–H and O–H groups in total. The standard InChI is InChI=1S/C14H19FN2O/c15-12-3-1-2-4-13(12)17-8-10-5-6-11(17)7-14(10,18)9-16/h1-4,10-11,18H,5-9,16H2. The largest absolute Gasteiger partial charge is 0.388 e. The van der Waals surface area contributed by atoms with E-state index in [9.17, 15) is 9.50 Å². The summed E-state index contributed by atoms with van der Waals surface area (Å²) in [4.78, 5) is 2.10. The van der Waals surface area contributed by atoms with Crippen molar-refractivity contribution in [2.45, 2.75) is 30.9 Å². The van der Waals surface area contributed by atoms with Crippen LogP contribution in [0, 0.1) is 11.7 Å². The second-order valence-electron chi connectivity index (χ2n) is 5.54. The van der Waals surface area contributed by atoms with Crippen molar-refractivity contribution in [1.29, 1.82) is 0 Å². The summed E-state index contributed by atoms with van der Waals surface area (Å²) < 4.78 is 13.8. The number of hydrogen-bond acceptors (Lipinski definition) is 3. The van der Waals surface area contributed by atoms with Crippen LogP contribution in [0.4, 0.5) is 10.1 Å². The number of anilines is 1. The summed E-state index contributed by atoms with van der Waals surface area (Å²) in [7, 11) is 0. The van der Waals surface area contributed by atoms with Gasteiger partial charge in [-0.2, -0.15) is 0 Å². The van der Waals surface area contributed by atoms with E-state index in [4.69, 9.17) is 5.73 Å². The van der Waals surface area contributed by atoms with Crippen molar-refractivity contribution in [3.8, 4) is 0 Å². The van der Waals surface area contributed by atoms with Crippen LogP contribution in [0.2, 0.25) is 0 Å². The molecule has 2 bridgehead atoms. The Morgan fingerprint density at radius 3 is 2.78 bits per heavy atom. The molecule has 4 rings (SSSR count). The Bertz CT molecular complexity index is 453. The number of rotatable bonds is 2. The molecule has 2 heterocycles. The maximum Gasteiger partial charge on any atom is 0.146 e. The van der Waals surface area contributed by atoms with Crippen molar-refractivity contribution in [3.63, 3.8) is 0 Å². The number of halogens is 1. The molecule has 3 nitrogen and oxygen atoms in total. The molecule has 98 valence electrons. The molecule has 0 aromatic heterocycles. The van der Waals surface area contributed by atoms with Crippen LogP contribution in [0.1, 0.15) is 19.3 Å². The topological polar surface area (TPSA) is 49.5 Å². The molecule has 3 atom stereocenters. The van der Waals surface area contributed by atoms with Gasteiger partial charge in [-0.3, -0.25) is 0 Å². The van der Waals surface area contributed by atoms with Crippen molar-refractivity contribution < 1.29 is 9.50 Å². The Morgan fingerprint density at radius 1 is 1.39 bits per heavy atom. The fraction of sp³-hybridized carbons (Fsp3) is 0.571. The third kappa shape index (κ3) is 1.71. The molecule has 1 saturated carbocycles. The van der Waals surface area contributed by atoms with Gasteiger partial charge in [-0.05, 0) is 31.4 Å². The highest BCUT2D eigenvalue weighted by Crippen LogP contribution is 2.43. The van der Waals surface area contributed by atoms with E-state index >= 15 is 0 Å². The Hall–Kier alpha value is -1.13. The molecule has 3 fully saturated rings. The number of hydrogen-bond donors (Lipinski definition) is 2. The molecule has 1 aromatic carbocycles. The van der Waals surface area contributed by atoms with E-state index in [1.54, 1.807) is 6.07 Å². The number of aliphatic hydroxyl groups is 1. The van der Waals surface area contributed by atoms with E-state index in [2.05, 4.69) is 4.90 Å². The van der Waals surface area contributed by atoms with Crippen LogP contribution in [-0.2, 0) is 0 Å². The van der Waals surface area contributed by atoms with Gasteiger partial charge in [0.15, 0.2) is 0 Å².